The Morgan fingerprint density at radius 2 is 1.65 bits per heavy atom. The third-order valence-electron chi connectivity index (χ3n) is 3.11. The van der Waals surface area contributed by atoms with Crippen molar-refractivity contribution >= 4 is 11.6 Å². The number of hydrogen-bond donors (Lipinski definition) is 2. The molecule has 0 aromatic heterocycles. The standard InChI is InChI=1S/C14H21ClO2/c1-10(15)8-9-13(16)11(2)14(17)12-6-4-3-5-7-12/h3-7,10-11,13-14,16-17H,8-9H2,1-2H3. The summed E-state index contributed by atoms with van der Waals surface area (Å²) >= 11 is 5.85. The van der Waals surface area contributed by atoms with Crippen LogP contribution in [0.3, 0.4) is 0 Å². The summed E-state index contributed by atoms with van der Waals surface area (Å²) in [6.07, 6.45) is 0.229. The Hall–Kier alpha value is -0.570. The van der Waals surface area contributed by atoms with Crippen LogP contribution in [-0.2, 0) is 0 Å². The van der Waals surface area contributed by atoms with Crippen LogP contribution in [0.1, 0.15) is 38.4 Å². The molecule has 0 radical (unpaired) electrons. The highest BCUT2D eigenvalue weighted by Gasteiger charge is 2.23. The van der Waals surface area contributed by atoms with Crippen LogP contribution in [0.25, 0.3) is 0 Å². The highest BCUT2D eigenvalue weighted by molar-refractivity contribution is 6.20. The largest absolute Gasteiger partial charge is 0.393 e. The zero-order valence-electron chi connectivity index (χ0n) is 10.4. The van der Waals surface area contributed by atoms with Crippen molar-refractivity contribution in [2.45, 2.75) is 44.3 Å². The fourth-order valence-corrected chi connectivity index (χ4v) is 1.95. The van der Waals surface area contributed by atoms with Gasteiger partial charge in [-0.2, -0.15) is 0 Å². The summed E-state index contributed by atoms with van der Waals surface area (Å²) in [6, 6.07) is 9.43. The van der Waals surface area contributed by atoms with Crippen molar-refractivity contribution in [3.63, 3.8) is 0 Å². The summed E-state index contributed by atoms with van der Waals surface area (Å²) in [5.41, 5.74) is 0.845. The summed E-state index contributed by atoms with van der Waals surface area (Å²) in [7, 11) is 0. The van der Waals surface area contributed by atoms with Crippen LogP contribution in [0, 0.1) is 5.92 Å². The van der Waals surface area contributed by atoms with Gasteiger partial charge in [-0.3, -0.25) is 0 Å². The van der Waals surface area contributed by atoms with Crippen LogP contribution in [-0.4, -0.2) is 21.7 Å². The monoisotopic (exact) mass is 256 g/mol. The maximum absolute atomic E-state index is 10.1. The number of aliphatic hydroxyl groups is 2. The normalized spacial score (nSPS) is 18.4. The van der Waals surface area contributed by atoms with Gasteiger partial charge >= 0.3 is 0 Å². The molecule has 2 N–H and O–H groups in total. The van der Waals surface area contributed by atoms with Gasteiger partial charge in [0.25, 0.3) is 0 Å². The second-order valence-corrected chi connectivity index (χ2v) is 5.39. The number of rotatable bonds is 6. The van der Waals surface area contributed by atoms with E-state index < -0.39 is 12.2 Å². The molecule has 1 rings (SSSR count). The van der Waals surface area contributed by atoms with Crippen LogP contribution in [0.4, 0.5) is 0 Å². The molecule has 0 spiro atoms. The third-order valence-corrected chi connectivity index (χ3v) is 3.32. The molecule has 0 saturated heterocycles. The fraction of sp³-hybridized carbons (Fsp3) is 0.571. The molecule has 0 saturated carbocycles. The van der Waals surface area contributed by atoms with Gasteiger partial charge in [0.2, 0.25) is 0 Å². The Morgan fingerprint density at radius 3 is 2.18 bits per heavy atom. The second kappa shape index (κ2) is 7.00. The van der Waals surface area contributed by atoms with E-state index in [9.17, 15) is 10.2 Å². The second-order valence-electron chi connectivity index (χ2n) is 4.64. The molecule has 0 amide bonds. The summed E-state index contributed by atoms with van der Waals surface area (Å²) in [5, 5.41) is 20.2. The van der Waals surface area contributed by atoms with E-state index >= 15 is 0 Å². The SMILES string of the molecule is CC(Cl)CCC(O)C(C)C(O)c1ccccc1. The molecule has 0 bridgehead atoms. The van der Waals surface area contributed by atoms with Crippen molar-refractivity contribution in [3.8, 4) is 0 Å². The predicted molar refractivity (Wildman–Crippen MR) is 71.1 cm³/mol. The molecule has 17 heavy (non-hydrogen) atoms. The zero-order valence-corrected chi connectivity index (χ0v) is 11.1. The van der Waals surface area contributed by atoms with Gasteiger partial charge in [-0.15, -0.1) is 11.6 Å². The number of hydrogen-bond acceptors (Lipinski definition) is 2. The molecule has 1 aromatic rings. The van der Waals surface area contributed by atoms with Gasteiger partial charge < -0.3 is 10.2 Å². The Kier molecular flexibility index (Phi) is 5.96. The van der Waals surface area contributed by atoms with Crippen LogP contribution in [0.2, 0.25) is 0 Å². The first-order valence-electron chi connectivity index (χ1n) is 6.07. The van der Waals surface area contributed by atoms with Crippen LogP contribution in [0.15, 0.2) is 30.3 Å². The lowest BCUT2D eigenvalue weighted by atomic mass is 9.90. The zero-order chi connectivity index (χ0) is 12.8. The molecule has 2 nitrogen and oxygen atoms in total. The van der Waals surface area contributed by atoms with Crippen molar-refractivity contribution in [2.24, 2.45) is 5.92 Å². The highest BCUT2D eigenvalue weighted by Crippen LogP contribution is 2.26. The minimum Gasteiger partial charge on any atom is -0.393 e. The van der Waals surface area contributed by atoms with Crippen LogP contribution >= 0.6 is 11.6 Å². The van der Waals surface area contributed by atoms with E-state index in [2.05, 4.69) is 0 Å². The molecule has 4 atom stereocenters. The van der Waals surface area contributed by atoms with E-state index in [4.69, 9.17) is 11.6 Å². The molecule has 0 fully saturated rings. The first kappa shape index (κ1) is 14.5. The van der Waals surface area contributed by atoms with Crippen LogP contribution < -0.4 is 0 Å². The van der Waals surface area contributed by atoms with Crippen molar-refractivity contribution in [1.29, 1.82) is 0 Å². The van der Waals surface area contributed by atoms with Crippen molar-refractivity contribution in [3.05, 3.63) is 35.9 Å². The van der Waals surface area contributed by atoms with E-state index in [0.29, 0.717) is 6.42 Å². The van der Waals surface area contributed by atoms with Gasteiger partial charge in [-0.1, -0.05) is 37.3 Å². The quantitative estimate of drug-likeness (QED) is 0.768. The molecular formula is C14H21ClO2. The predicted octanol–water partition coefficient (Wildman–Crippen LogP) is 3.12. The lowest BCUT2D eigenvalue weighted by Gasteiger charge is -2.24. The lowest BCUT2D eigenvalue weighted by Crippen LogP contribution is -2.24. The van der Waals surface area contributed by atoms with E-state index in [1.807, 2.05) is 44.2 Å². The fourth-order valence-electron chi connectivity index (χ4n) is 1.83. The number of alkyl halides is 1. The lowest BCUT2D eigenvalue weighted by molar-refractivity contribution is 0.0158. The third kappa shape index (κ3) is 4.66. The average Bonchev–Trinajstić information content (AvgIpc) is 2.35. The van der Waals surface area contributed by atoms with E-state index in [1.54, 1.807) is 0 Å². The molecule has 0 aliphatic rings. The van der Waals surface area contributed by atoms with Gasteiger partial charge in [0.15, 0.2) is 0 Å². The summed E-state index contributed by atoms with van der Waals surface area (Å²) in [6.45, 7) is 3.77. The van der Waals surface area contributed by atoms with Gasteiger partial charge in [0.05, 0.1) is 12.2 Å². The first-order valence-corrected chi connectivity index (χ1v) is 6.51. The Morgan fingerprint density at radius 1 is 1.06 bits per heavy atom. The van der Waals surface area contributed by atoms with Crippen LogP contribution in [0.5, 0.6) is 0 Å². The average molecular weight is 257 g/mol. The van der Waals surface area contributed by atoms with Gasteiger partial charge in [-0.05, 0) is 25.3 Å². The van der Waals surface area contributed by atoms with E-state index in [1.165, 1.54) is 0 Å². The van der Waals surface area contributed by atoms with Crippen molar-refractivity contribution < 1.29 is 10.2 Å². The Balaban J connectivity index is 2.54. The Labute approximate surface area is 108 Å². The van der Waals surface area contributed by atoms with E-state index in [0.717, 1.165) is 12.0 Å². The van der Waals surface area contributed by atoms with Crippen molar-refractivity contribution in [2.75, 3.05) is 0 Å². The van der Waals surface area contributed by atoms with Crippen molar-refractivity contribution in [1.82, 2.24) is 0 Å². The summed E-state index contributed by atoms with van der Waals surface area (Å²) < 4.78 is 0. The smallest absolute Gasteiger partial charge is 0.0840 e. The minimum absolute atomic E-state index is 0.0609. The molecule has 0 heterocycles. The molecule has 3 heteroatoms. The first-order chi connectivity index (χ1) is 8.02. The van der Waals surface area contributed by atoms with Gasteiger partial charge in [0.1, 0.15) is 0 Å². The maximum Gasteiger partial charge on any atom is 0.0840 e. The molecular weight excluding hydrogens is 236 g/mol. The molecule has 0 aliphatic heterocycles. The van der Waals surface area contributed by atoms with Gasteiger partial charge in [0, 0.05) is 11.3 Å². The molecule has 4 unspecified atom stereocenters. The number of benzene rings is 1. The maximum atomic E-state index is 10.1. The molecule has 96 valence electrons. The topological polar surface area (TPSA) is 40.5 Å². The van der Waals surface area contributed by atoms with Gasteiger partial charge in [-0.25, -0.2) is 0 Å². The summed E-state index contributed by atoms with van der Waals surface area (Å²) in [5.74, 6) is -0.187. The minimum atomic E-state index is -0.628. The molecule has 1 aromatic carbocycles. The number of halogens is 1. The highest BCUT2D eigenvalue weighted by atomic mass is 35.5. The molecule has 0 aliphatic carbocycles. The number of aliphatic hydroxyl groups excluding tert-OH is 2. The summed E-state index contributed by atoms with van der Waals surface area (Å²) in [4.78, 5) is 0. The van der Waals surface area contributed by atoms with E-state index in [-0.39, 0.29) is 11.3 Å². The Bertz CT molecular complexity index is 313.